The molecule has 1 aliphatic heterocycles. The van der Waals surface area contributed by atoms with Gasteiger partial charge in [0.2, 0.25) is 11.6 Å². The standard InChI is InChI=1S/C27H24FN5/c1-17-5-3-4-6-21(17)19-7-9-24-22(13-19)26(20-8-10-25(29-2)23(28)14-20)33-27(32-24)31-16-18-11-12-30-15-18/h3-10,13-14,18,30H,11-12,15-16H2,1H3,(H,31,32,33)/t18-/m1/s1. The van der Waals surface area contributed by atoms with Crippen molar-refractivity contribution in [2.24, 2.45) is 5.92 Å². The molecule has 0 bridgehead atoms. The zero-order valence-corrected chi connectivity index (χ0v) is 18.4. The van der Waals surface area contributed by atoms with Gasteiger partial charge in [-0.1, -0.05) is 42.5 Å². The van der Waals surface area contributed by atoms with Gasteiger partial charge in [-0.3, -0.25) is 0 Å². The van der Waals surface area contributed by atoms with E-state index in [-0.39, 0.29) is 5.69 Å². The lowest BCUT2D eigenvalue weighted by atomic mass is 9.97. The summed E-state index contributed by atoms with van der Waals surface area (Å²) in [7, 11) is 0. The van der Waals surface area contributed by atoms with E-state index < -0.39 is 5.82 Å². The number of rotatable bonds is 5. The largest absolute Gasteiger partial charge is 0.354 e. The molecule has 1 aliphatic rings. The van der Waals surface area contributed by atoms with Crippen molar-refractivity contribution in [3.05, 3.63) is 83.5 Å². The maximum absolute atomic E-state index is 14.5. The quantitative estimate of drug-likeness (QED) is 0.377. The Hall–Kier alpha value is -3.82. The van der Waals surface area contributed by atoms with Crippen molar-refractivity contribution in [1.29, 1.82) is 0 Å². The zero-order chi connectivity index (χ0) is 22.8. The summed E-state index contributed by atoms with van der Waals surface area (Å²) < 4.78 is 14.5. The van der Waals surface area contributed by atoms with E-state index in [1.165, 1.54) is 17.7 Å². The highest BCUT2D eigenvalue weighted by Gasteiger charge is 2.17. The minimum absolute atomic E-state index is 0.00444. The zero-order valence-electron chi connectivity index (χ0n) is 18.4. The lowest BCUT2D eigenvalue weighted by Crippen LogP contribution is -2.18. The molecule has 1 fully saturated rings. The molecular weight excluding hydrogens is 413 g/mol. The van der Waals surface area contributed by atoms with Gasteiger partial charge in [0.25, 0.3) is 0 Å². The van der Waals surface area contributed by atoms with Gasteiger partial charge in [-0.15, -0.1) is 0 Å². The second kappa shape index (κ2) is 8.97. The van der Waals surface area contributed by atoms with Crippen molar-refractivity contribution in [2.45, 2.75) is 13.3 Å². The first-order chi connectivity index (χ1) is 16.1. The average molecular weight is 438 g/mol. The fraction of sp³-hybridized carbons (Fsp3) is 0.222. The number of nitrogens with one attached hydrogen (secondary N) is 2. The Morgan fingerprint density at radius 3 is 2.70 bits per heavy atom. The van der Waals surface area contributed by atoms with Crippen molar-refractivity contribution >= 4 is 22.5 Å². The van der Waals surface area contributed by atoms with Crippen LogP contribution >= 0.6 is 0 Å². The van der Waals surface area contributed by atoms with Crippen LogP contribution < -0.4 is 10.6 Å². The third kappa shape index (κ3) is 4.28. The lowest BCUT2D eigenvalue weighted by molar-refractivity contribution is 0.613. The Labute approximate surface area is 192 Å². The molecule has 4 aromatic rings. The molecule has 164 valence electrons. The van der Waals surface area contributed by atoms with Crippen molar-refractivity contribution < 1.29 is 4.39 Å². The molecule has 0 saturated carbocycles. The van der Waals surface area contributed by atoms with Gasteiger partial charge in [-0.05, 0) is 67.2 Å². The van der Waals surface area contributed by atoms with E-state index in [0.29, 0.717) is 23.1 Å². The lowest BCUT2D eigenvalue weighted by Gasteiger charge is -2.14. The number of halogens is 1. The van der Waals surface area contributed by atoms with Crippen molar-refractivity contribution in [3.8, 4) is 22.4 Å². The highest BCUT2D eigenvalue weighted by atomic mass is 19.1. The van der Waals surface area contributed by atoms with Crippen LogP contribution in [-0.4, -0.2) is 29.6 Å². The van der Waals surface area contributed by atoms with Crippen LogP contribution in [0, 0.1) is 25.2 Å². The molecule has 0 spiro atoms. The summed E-state index contributed by atoms with van der Waals surface area (Å²) >= 11 is 0. The Morgan fingerprint density at radius 1 is 1.09 bits per heavy atom. The van der Waals surface area contributed by atoms with Crippen LogP contribution in [0.2, 0.25) is 0 Å². The summed E-state index contributed by atoms with van der Waals surface area (Å²) in [4.78, 5) is 12.8. The number of aryl methyl sites for hydroxylation is 1. The van der Waals surface area contributed by atoms with E-state index in [1.54, 1.807) is 6.07 Å². The topological polar surface area (TPSA) is 54.2 Å². The SMILES string of the molecule is [C-]#[N+]c1ccc(-c2nc(NC[C@@H]3CCNC3)nc3ccc(-c4ccccc4C)cc23)cc1F. The smallest absolute Gasteiger partial charge is 0.223 e. The van der Waals surface area contributed by atoms with E-state index in [0.717, 1.165) is 48.1 Å². The van der Waals surface area contributed by atoms with E-state index in [9.17, 15) is 4.39 Å². The number of benzene rings is 3. The third-order valence-corrected chi connectivity index (χ3v) is 6.20. The maximum atomic E-state index is 14.5. The summed E-state index contributed by atoms with van der Waals surface area (Å²) in [5.41, 5.74) is 5.44. The van der Waals surface area contributed by atoms with Gasteiger partial charge in [-0.2, -0.15) is 0 Å². The second-order valence-corrected chi connectivity index (χ2v) is 8.46. The molecule has 0 amide bonds. The monoisotopic (exact) mass is 437 g/mol. The van der Waals surface area contributed by atoms with Crippen LogP contribution in [0.25, 0.3) is 38.1 Å². The Kier molecular flexibility index (Phi) is 5.72. The highest BCUT2D eigenvalue weighted by Crippen LogP contribution is 2.34. The molecule has 2 N–H and O–H groups in total. The second-order valence-electron chi connectivity index (χ2n) is 8.46. The molecular formula is C27H24FN5. The number of hydrogen-bond donors (Lipinski definition) is 2. The van der Waals surface area contributed by atoms with E-state index in [4.69, 9.17) is 16.5 Å². The van der Waals surface area contributed by atoms with Crippen molar-refractivity contribution in [2.75, 3.05) is 25.0 Å². The van der Waals surface area contributed by atoms with E-state index >= 15 is 0 Å². The first-order valence-corrected chi connectivity index (χ1v) is 11.1. The predicted octanol–water partition coefficient (Wildman–Crippen LogP) is 5.98. The number of aromatic nitrogens is 2. The first kappa shape index (κ1) is 21.0. The number of nitrogens with zero attached hydrogens (tertiary/aromatic N) is 3. The van der Waals surface area contributed by atoms with Gasteiger partial charge in [0.05, 0.1) is 17.8 Å². The van der Waals surface area contributed by atoms with E-state index in [2.05, 4.69) is 46.7 Å². The molecule has 1 saturated heterocycles. The van der Waals surface area contributed by atoms with Crippen LogP contribution in [0.4, 0.5) is 16.0 Å². The molecule has 0 unspecified atom stereocenters. The molecule has 3 aromatic carbocycles. The summed E-state index contributed by atoms with van der Waals surface area (Å²) in [6, 6.07) is 19.0. The van der Waals surface area contributed by atoms with Gasteiger partial charge >= 0.3 is 0 Å². The number of anilines is 1. The van der Waals surface area contributed by atoms with Gasteiger partial charge < -0.3 is 10.6 Å². The van der Waals surface area contributed by atoms with Crippen LogP contribution in [0.1, 0.15) is 12.0 Å². The van der Waals surface area contributed by atoms with Crippen molar-refractivity contribution in [3.63, 3.8) is 0 Å². The predicted molar refractivity (Wildman–Crippen MR) is 131 cm³/mol. The van der Waals surface area contributed by atoms with Crippen LogP contribution in [0.15, 0.2) is 60.7 Å². The Bertz CT molecular complexity index is 1370. The summed E-state index contributed by atoms with van der Waals surface area (Å²) in [5.74, 6) is 0.519. The Balaban J connectivity index is 1.63. The maximum Gasteiger partial charge on any atom is 0.223 e. The van der Waals surface area contributed by atoms with Crippen LogP contribution in [0.5, 0.6) is 0 Å². The third-order valence-electron chi connectivity index (χ3n) is 6.20. The van der Waals surface area contributed by atoms with Crippen LogP contribution in [0.3, 0.4) is 0 Å². The van der Waals surface area contributed by atoms with Gasteiger partial charge in [-0.25, -0.2) is 19.2 Å². The van der Waals surface area contributed by atoms with Gasteiger partial charge in [0.15, 0.2) is 0 Å². The van der Waals surface area contributed by atoms with Gasteiger partial charge in [0.1, 0.15) is 5.82 Å². The van der Waals surface area contributed by atoms with Crippen LogP contribution in [-0.2, 0) is 0 Å². The fourth-order valence-corrected chi connectivity index (χ4v) is 4.36. The van der Waals surface area contributed by atoms with Gasteiger partial charge in [0, 0.05) is 17.5 Å². The Morgan fingerprint density at radius 2 is 1.94 bits per heavy atom. The first-order valence-electron chi connectivity index (χ1n) is 11.1. The minimum atomic E-state index is -0.546. The number of fused-ring (bicyclic) bond motifs is 1. The molecule has 2 heterocycles. The molecule has 6 heteroatoms. The van der Waals surface area contributed by atoms with E-state index in [1.807, 2.05) is 18.2 Å². The molecule has 33 heavy (non-hydrogen) atoms. The molecule has 0 aliphatic carbocycles. The summed E-state index contributed by atoms with van der Waals surface area (Å²) in [6.07, 6.45) is 1.12. The molecule has 5 nitrogen and oxygen atoms in total. The average Bonchev–Trinajstić information content (AvgIpc) is 3.36. The molecule has 5 rings (SSSR count). The highest BCUT2D eigenvalue weighted by molar-refractivity contribution is 5.96. The normalized spacial score (nSPS) is 15.5. The summed E-state index contributed by atoms with van der Waals surface area (Å²) in [5, 5.41) is 7.60. The summed E-state index contributed by atoms with van der Waals surface area (Å²) in [6.45, 7) is 12.0. The molecule has 1 aromatic heterocycles. The van der Waals surface area contributed by atoms with Crippen molar-refractivity contribution in [1.82, 2.24) is 15.3 Å². The number of hydrogen-bond acceptors (Lipinski definition) is 4. The molecule has 1 atom stereocenters. The molecule has 0 radical (unpaired) electrons. The fourth-order valence-electron chi connectivity index (χ4n) is 4.36. The minimum Gasteiger partial charge on any atom is -0.354 e.